The Balaban J connectivity index is 4.39. The van der Waals surface area contributed by atoms with Crippen molar-refractivity contribution in [1.82, 2.24) is 0 Å². The van der Waals surface area contributed by atoms with Crippen LogP contribution in [0.1, 0.15) is 310 Å². The standard InChI is InChI=1S/C76H126O6/c1-4-7-10-13-16-19-22-25-28-30-32-34-35-36-37-38-39-40-41-42-44-45-48-51-54-57-60-63-66-69-75(78)81-72-73(71-80-74(77)68-65-62-59-56-53-50-47-27-24-21-18-15-12-9-6-3)82-76(79)70-67-64-61-58-55-52-49-46-43-33-31-29-26-23-20-17-14-11-8-5-2/h7,9-10,12,16,18-19,21,25,27-28,32,34,36-37,39-40,42,44,47,53,56,73H,4-6,8,11,13-15,17,20,22-24,26,29-31,33,35,38,41,43,45-46,48-52,54-55,57-72H2,1-3H3/b10-7-,12-9-,19-16-,21-18-,28-25-,34-32-,37-36-,40-39-,44-42-,47-27-,56-53-. The number of hydrogen-bond acceptors (Lipinski definition) is 6. The quantitative estimate of drug-likeness (QED) is 0.0261. The smallest absolute Gasteiger partial charge is 0.306 e. The van der Waals surface area contributed by atoms with Gasteiger partial charge in [-0.05, 0) is 116 Å². The van der Waals surface area contributed by atoms with E-state index in [1.54, 1.807) is 0 Å². The zero-order chi connectivity index (χ0) is 59.2. The number of ether oxygens (including phenoxy) is 3. The van der Waals surface area contributed by atoms with E-state index in [0.717, 1.165) is 135 Å². The van der Waals surface area contributed by atoms with Crippen molar-refractivity contribution in [2.24, 2.45) is 0 Å². The van der Waals surface area contributed by atoms with Gasteiger partial charge < -0.3 is 14.2 Å². The highest BCUT2D eigenvalue weighted by Crippen LogP contribution is 2.17. The van der Waals surface area contributed by atoms with Gasteiger partial charge in [0.05, 0.1) is 0 Å². The average molecular weight is 1140 g/mol. The van der Waals surface area contributed by atoms with Gasteiger partial charge in [-0.15, -0.1) is 0 Å². The van der Waals surface area contributed by atoms with Crippen LogP contribution < -0.4 is 0 Å². The number of esters is 3. The minimum Gasteiger partial charge on any atom is -0.462 e. The topological polar surface area (TPSA) is 78.9 Å². The van der Waals surface area contributed by atoms with Gasteiger partial charge in [0, 0.05) is 19.3 Å². The minimum absolute atomic E-state index is 0.0984. The fourth-order valence-electron chi connectivity index (χ4n) is 9.36. The van der Waals surface area contributed by atoms with Gasteiger partial charge in [0.2, 0.25) is 0 Å². The molecule has 466 valence electrons. The average Bonchev–Trinajstić information content (AvgIpc) is 3.47. The molecule has 0 bridgehead atoms. The van der Waals surface area contributed by atoms with Crippen LogP contribution in [0.5, 0.6) is 0 Å². The van der Waals surface area contributed by atoms with Crippen molar-refractivity contribution >= 4 is 17.9 Å². The molecule has 0 aromatic carbocycles. The van der Waals surface area contributed by atoms with E-state index in [1.165, 1.54) is 135 Å². The number of carbonyl (C=O) groups excluding carboxylic acids is 3. The normalized spacial score (nSPS) is 13.0. The van der Waals surface area contributed by atoms with E-state index in [4.69, 9.17) is 14.2 Å². The Bertz CT molecular complexity index is 1730. The van der Waals surface area contributed by atoms with Crippen LogP contribution in [0.15, 0.2) is 134 Å². The lowest BCUT2D eigenvalue weighted by atomic mass is 10.0. The highest BCUT2D eigenvalue weighted by molar-refractivity contribution is 5.71. The molecule has 0 N–H and O–H groups in total. The summed E-state index contributed by atoms with van der Waals surface area (Å²) in [6.07, 6.45) is 97.6. The van der Waals surface area contributed by atoms with Gasteiger partial charge in [-0.1, -0.05) is 309 Å². The second kappa shape index (κ2) is 69.0. The molecule has 0 amide bonds. The van der Waals surface area contributed by atoms with Crippen molar-refractivity contribution in [2.45, 2.75) is 316 Å². The number of allylic oxidation sites excluding steroid dienone is 22. The molecule has 1 atom stereocenters. The Morgan fingerprint density at radius 3 is 0.768 bits per heavy atom. The molecule has 0 radical (unpaired) electrons. The Hall–Kier alpha value is -4.45. The lowest BCUT2D eigenvalue weighted by molar-refractivity contribution is -0.167. The fraction of sp³-hybridized carbons (Fsp3) is 0.671. The van der Waals surface area contributed by atoms with E-state index < -0.39 is 6.10 Å². The van der Waals surface area contributed by atoms with Crippen molar-refractivity contribution in [3.05, 3.63) is 134 Å². The van der Waals surface area contributed by atoms with E-state index in [-0.39, 0.29) is 31.1 Å². The van der Waals surface area contributed by atoms with Crippen LogP contribution in [-0.2, 0) is 28.6 Å². The third-order valence-corrected chi connectivity index (χ3v) is 14.4. The summed E-state index contributed by atoms with van der Waals surface area (Å²) >= 11 is 0. The summed E-state index contributed by atoms with van der Waals surface area (Å²) in [5.74, 6) is -0.942. The molecule has 0 saturated carbocycles. The molecule has 0 aromatic heterocycles. The molecule has 6 heteroatoms. The van der Waals surface area contributed by atoms with Crippen LogP contribution in [0, 0.1) is 0 Å². The monoisotopic (exact) mass is 1130 g/mol. The van der Waals surface area contributed by atoms with Crippen molar-refractivity contribution in [1.29, 1.82) is 0 Å². The Morgan fingerprint density at radius 1 is 0.256 bits per heavy atom. The van der Waals surface area contributed by atoms with Crippen LogP contribution in [0.25, 0.3) is 0 Å². The predicted octanol–water partition coefficient (Wildman–Crippen LogP) is 23.7. The van der Waals surface area contributed by atoms with Crippen molar-refractivity contribution < 1.29 is 28.6 Å². The molecule has 0 fully saturated rings. The third-order valence-electron chi connectivity index (χ3n) is 14.4. The molecule has 0 rings (SSSR count). The third kappa shape index (κ3) is 66.4. The zero-order valence-electron chi connectivity index (χ0n) is 53.5. The van der Waals surface area contributed by atoms with Crippen molar-refractivity contribution in [3.63, 3.8) is 0 Å². The predicted molar refractivity (Wildman–Crippen MR) is 357 cm³/mol. The highest BCUT2D eigenvalue weighted by Gasteiger charge is 2.19. The molecule has 6 nitrogen and oxygen atoms in total. The Labute approximate surface area is 506 Å². The maximum Gasteiger partial charge on any atom is 0.306 e. The van der Waals surface area contributed by atoms with Gasteiger partial charge in [-0.25, -0.2) is 0 Å². The Morgan fingerprint density at radius 2 is 0.476 bits per heavy atom. The van der Waals surface area contributed by atoms with Crippen molar-refractivity contribution in [3.8, 4) is 0 Å². The molecular weight excluding hydrogens is 1010 g/mol. The number of unbranched alkanes of at least 4 members (excludes halogenated alkanes) is 28. The summed E-state index contributed by atoms with van der Waals surface area (Å²) < 4.78 is 16.9. The van der Waals surface area contributed by atoms with E-state index in [0.29, 0.717) is 19.3 Å². The van der Waals surface area contributed by atoms with Crippen LogP contribution in [0.2, 0.25) is 0 Å². The molecule has 0 saturated heterocycles. The molecule has 0 heterocycles. The second-order valence-electron chi connectivity index (χ2n) is 22.3. The maximum absolute atomic E-state index is 12.9. The van der Waals surface area contributed by atoms with Gasteiger partial charge in [0.25, 0.3) is 0 Å². The molecule has 0 aliphatic rings. The zero-order valence-corrected chi connectivity index (χ0v) is 53.5. The summed E-state index contributed by atoms with van der Waals surface area (Å²) in [5.41, 5.74) is 0. The molecule has 0 aliphatic heterocycles. The summed E-state index contributed by atoms with van der Waals surface area (Å²) in [5, 5.41) is 0. The molecule has 82 heavy (non-hydrogen) atoms. The van der Waals surface area contributed by atoms with Gasteiger partial charge in [-0.3, -0.25) is 14.4 Å². The summed E-state index contributed by atoms with van der Waals surface area (Å²) in [7, 11) is 0. The van der Waals surface area contributed by atoms with Gasteiger partial charge in [-0.2, -0.15) is 0 Å². The molecule has 0 spiro atoms. The highest BCUT2D eigenvalue weighted by atomic mass is 16.6. The first-order valence-electron chi connectivity index (χ1n) is 34.2. The lowest BCUT2D eigenvalue weighted by Crippen LogP contribution is -2.30. The van der Waals surface area contributed by atoms with Crippen molar-refractivity contribution in [2.75, 3.05) is 13.2 Å². The minimum atomic E-state index is -0.804. The Kier molecular flexibility index (Phi) is 65.3. The molecular formula is C76H126O6. The SMILES string of the molecule is CC/C=C\C/C=C\C/C=C\C/C=C\C/C=C\C/C=C\C/C=C\CCCCCCCCCC(=O)OCC(COC(=O)CCCC/C=C\C/C=C\C/C=C\C/C=C\CC)OC(=O)CCCCCCCCCCCCCCCCCCCCCC. The number of hydrogen-bond donors (Lipinski definition) is 0. The maximum atomic E-state index is 12.9. The first-order valence-corrected chi connectivity index (χ1v) is 34.2. The van der Waals surface area contributed by atoms with E-state index in [1.807, 2.05) is 0 Å². The molecule has 0 aromatic rings. The first-order chi connectivity index (χ1) is 40.5. The van der Waals surface area contributed by atoms with Crippen LogP contribution in [0.4, 0.5) is 0 Å². The summed E-state index contributed by atoms with van der Waals surface area (Å²) in [6.45, 7) is 6.39. The fourth-order valence-corrected chi connectivity index (χ4v) is 9.36. The summed E-state index contributed by atoms with van der Waals surface area (Å²) in [6, 6.07) is 0. The van der Waals surface area contributed by atoms with Gasteiger partial charge in [0.1, 0.15) is 13.2 Å². The van der Waals surface area contributed by atoms with Gasteiger partial charge >= 0.3 is 17.9 Å². The van der Waals surface area contributed by atoms with Crippen LogP contribution >= 0.6 is 0 Å². The van der Waals surface area contributed by atoms with Crippen LogP contribution in [0.3, 0.4) is 0 Å². The summed E-state index contributed by atoms with van der Waals surface area (Å²) in [4.78, 5) is 38.4. The van der Waals surface area contributed by atoms with E-state index >= 15 is 0 Å². The number of carbonyl (C=O) groups is 3. The lowest BCUT2D eigenvalue weighted by Gasteiger charge is -2.18. The number of rotatable bonds is 61. The molecule has 1 unspecified atom stereocenters. The van der Waals surface area contributed by atoms with E-state index in [9.17, 15) is 14.4 Å². The molecule has 0 aliphatic carbocycles. The van der Waals surface area contributed by atoms with Gasteiger partial charge in [0.15, 0.2) is 6.10 Å². The largest absolute Gasteiger partial charge is 0.462 e. The van der Waals surface area contributed by atoms with E-state index in [2.05, 4.69) is 154 Å². The second-order valence-corrected chi connectivity index (χ2v) is 22.3. The van der Waals surface area contributed by atoms with Crippen LogP contribution in [-0.4, -0.2) is 37.2 Å². The first kappa shape index (κ1) is 77.5.